The van der Waals surface area contributed by atoms with Crippen molar-refractivity contribution in [2.45, 2.75) is 25.8 Å². The Morgan fingerprint density at radius 1 is 1.19 bits per heavy atom. The minimum absolute atomic E-state index is 0. The van der Waals surface area contributed by atoms with Gasteiger partial charge in [0.15, 0.2) is 5.76 Å². The average Bonchev–Trinajstić information content (AvgIpc) is 3.18. The average molecular weight is 378 g/mol. The van der Waals surface area contributed by atoms with Crippen molar-refractivity contribution in [3.05, 3.63) is 53.5 Å². The molecule has 140 valence electrons. The van der Waals surface area contributed by atoms with E-state index in [0.717, 1.165) is 31.5 Å². The highest BCUT2D eigenvalue weighted by molar-refractivity contribution is 6.03. The minimum Gasteiger partial charge on any atom is -0.459 e. The molecule has 0 aliphatic carbocycles. The Hall–Kier alpha value is -2.31. The Balaban J connectivity index is 0.00000243. The van der Waals surface area contributed by atoms with Gasteiger partial charge in [-0.3, -0.25) is 9.59 Å². The molecule has 0 spiro atoms. The topological polar surface area (TPSA) is 74.6 Å². The van der Waals surface area contributed by atoms with E-state index in [-0.39, 0.29) is 30.0 Å². The maximum atomic E-state index is 12.7. The molecule has 0 unspecified atom stereocenters. The highest BCUT2D eigenvalue weighted by Gasteiger charge is 2.23. The molecule has 3 rings (SSSR count). The smallest absolute Gasteiger partial charge is 0.291 e. The van der Waals surface area contributed by atoms with Gasteiger partial charge in [-0.05, 0) is 56.6 Å². The molecule has 6 nitrogen and oxygen atoms in total. The molecule has 0 radical (unpaired) electrons. The number of benzene rings is 1. The van der Waals surface area contributed by atoms with Crippen LogP contribution >= 0.6 is 12.4 Å². The van der Waals surface area contributed by atoms with E-state index in [1.807, 2.05) is 31.0 Å². The maximum Gasteiger partial charge on any atom is 0.291 e. The monoisotopic (exact) mass is 377 g/mol. The lowest BCUT2D eigenvalue weighted by Gasteiger charge is -2.32. The second-order valence-electron chi connectivity index (χ2n) is 6.32. The summed E-state index contributed by atoms with van der Waals surface area (Å²) >= 11 is 0. The van der Waals surface area contributed by atoms with Crippen LogP contribution in [0.1, 0.15) is 39.3 Å². The molecule has 0 atom stereocenters. The molecule has 1 aromatic carbocycles. The number of carbonyl (C=O) groups excluding carboxylic acids is 2. The van der Waals surface area contributed by atoms with Crippen LogP contribution in [0.15, 0.2) is 41.0 Å². The number of halogens is 1. The molecule has 26 heavy (non-hydrogen) atoms. The van der Waals surface area contributed by atoms with Crippen LogP contribution < -0.4 is 10.6 Å². The van der Waals surface area contributed by atoms with Crippen molar-refractivity contribution in [3.63, 3.8) is 0 Å². The SMILES string of the molecule is CNC1CCN(C(=O)c2ccc(C)c(NC(=O)c3ccco3)c2)CC1.Cl. The summed E-state index contributed by atoms with van der Waals surface area (Å²) in [5.74, 6) is -0.0825. The van der Waals surface area contributed by atoms with Gasteiger partial charge in [0.2, 0.25) is 0 Å². The van der Waals surface area contributed by atoms with Crippen LogP contribution in [0.25, 0.3) is 0 Å². The second kappa shape index (κ2) is 8.87. The first-order valence-electron chi connectivity index (χ1n) is 8.50. The van der Waals surface area contributed by atoms with E-state index >= 15 is 0 Å². The molecule has 1 fully saturated rings. The number of aryl methyl sites for hydroxylation is 1. The van der Waals surface area contributed by atoms with E-state index < -0.39 is 0 Å². The minimum atomic E-state index is -0.326. The number of carbonyl (C=O) groups is 2. The van der Waals surface area contributed by atoms with Crippen molar-refractivity contribution in [2.75, 3.05) is 25.5 Å². The summed E-state index contributed by atoms with van der Waals surface area (Å²) in [6.07, 6.45) is 3.36. The third-order valence-corrected chi connectivity index (χ3v) is 4.67. The fourth-order valence-corrected chi connectivity index (χ4v) is 3.04. The Bertz CT molecular complexity index is 753. The summed E-state index contributed by atoms with van der Waals surface area (Å²) in [7, 11) is 1.95. The van der Waals surface area contributed by atoms with Gasteiger partial charge in [-0.15, -0.1) is 12.4 Å². The molecule has 0 saturated carbocycles. The second-order valence-corrected chi connectivity index (χ2v) is 6.32. The third-order valence-electron chi connectivity index (χ3n) is 4.67. The first-order chi connectivity index (χ1) is 12.1. The Morgan fingerprint density at radius 3 is 2.54 bits per heavy atom. The first kappa shape index (κ1) is 20.0. The van der Waals surface area contributed by atoms with Crippen molar-refractivity contribution in [3.8, 4) is 0 Å². The number of piperidine rings is 1. The predicted molar refractivity (Wildman–Crippen MR) is 103 cm³/mol. The lowest BCUT2D eigenvalue weighted by atomic mass is 10.0. The number of nitrogens with one attached hydrogen (secondary N) is 2. The van der Waals surface area contributed by atoms with Crippen LogP contribution in [0, 0.1) is 6.92 Å². The number of furan rings is 1. The number of nitrogens with zero attached hydrogens (tertiary/aromatic N) is 1. The molecule has 1 aromatic heterocycles. The number of likely N-dealkylation sites (tertiary alicyclic amines) is 1. The fourth-order valence-electron chi connectivity index (χ4n) is 3.04. The van der Waals surface area contributed by atoms with Crippen LogP contribution in [-0.4, -0.2) is 42.9 Å². The van der Waals surface area contributed by atoms with Gasteiger partial charge in [0, 0.05) is 30.4 Å². The zero-order valence-electron chi connectivity index (χ0n) is 15.0. The van der Waals surface area contributed by atoms with Gasteiger partial charge in [-0.2, -0.15) is 0 Å². The summed E-state index contributed by atoms with van der Waals surface area (Å²) in [6, 6.07) is 9.14. The molecule has 0 bridgehead atoms. The molecule has 1 aliphatic heterocycles. The van der Waals surface area contributed by atoms with Gasteiger partial charge < -0.3 is 20.0 Å². The van der Waals surface area contributed by atoms with Gasteiger partial charge in [0.1, 0.15) is 0 Å². The predicted octanol–water partition coefficient (Wildman–Crippen LogP) is 3.09. The molecule has 2 aromatic rings. The molecule has 1 aliphatic rings. The largest absolute Gasteiger partial charge is 0.459 e. The van der Waals surface area contributed by atoms with E-state index in [9.17, 15) is 9.59 Å². The van der Waals surface area contributed by atoms with Crippen molar-refractivity contribution in [2.24, 2.45) is 0 Å². The molecular formula is C19H24ClN3O3. The standard InChI is InChI=1S/C19H23N3O3.ClH/c1-13-5-6-14(19(24)22-9-7-15(20-2)8-10-22)12-16(13)21-18(23)17-4-3-11-25-17;/h3-6,11-12,15,20H,7-10H2,1-2H3,(H,21,23);1H. The van der Waals surface area contributed by atoms with Crippen LogP contribution in [0.5, 0.6) is 0 Å². The van der Waals surface area contributed by atoms with E-state index in [4.69, 9.17) is 4.42 Å². The Labute approximate surface area is 159 Å². The van der Waals surface area contributed by atoms with Crippen molar-refractivity contribution >= 4 is 29.9 Å². The molecule has 2 N–H and O–H groups in total. The van der Waals surface area contributed by atoms with Gasteiger partial charge in [0.05, 0.1) is 6.26 Å². The van der Waals surface area contributed by atoms with Crippen molar-refractivity contribution in [1.82, 2.24) is 10.2 Å². The maximum absolute atomic E-state index is 12.7. The highest BCUT2D eigenvalue weighted by atomic mass is 35.5. The summed E-state index contributed by atoms with van der Waals surface area (Å²) in [6.45, 7) is 3.38. The van der Waals surface area contributed by atoms with E-state index in [1.165, 1.54) is 6.26 Å². The summed E-state index contributed by atoms with van der Waals surface area (Å²) < 4.78 is 5.11. The number of amides is 2. The Morgan fingerprint density at radius 2 is 1.92 bits per heavy atom. The Kier molecular flexibility index (Phi) is 6.83. The summed E-state index contributed by atoms with van der Waals surface area (Å²) in [5.41, 5.74) is 2.10. The van der Waals surface area contributed by atoms with Crippen molar-refractivity contribution < 1.29 is 14.0 Å². The lowest BCUT2D eigenvalue weighted by Crippen LogP contribution is -2.43. The van der Waals surface area contributed by atoms with Crippen LogP contribution in [0.2, 0.25) is 0 Å². The summed E-state index contributed by atoms with van der Waals surface area (Å²) in [5, 5.41) is 6.07. The van der Waals surface area contributed by atoms with Crippen molar-refractivity contribution in [1.29, 1.82) is 0 Å². The molecule has 2 amide bonds. The molecule has 2 heterocycles. The number of rotatable bonds is 4. The highest BCUT2D eigenvalue weighted by Crippen LogP contribution is 2.21. The van der Waals surface area contributed by atoms with Gasteiger partial charge in [0.25, 0.3) is 11.8 Å². The fraction of sp³-hybridized carbons (Fsp3) is 0.368. The normalized spacial score (nSPS) is 14.6. The zero-order valence-corrected chi connectivity index (χ0v) is 15.8. The lowest BCUT2D eigenvalue weighted by molar-refractivity contribution is 0.0707. The van der Waals surface area contributed by atoms with Gasteiger partial charge in [-0.25, -0.2) is 0 Å². The molecular weight excluding hydrogens is 354 g/mol. The number of anilines is 1. The van der Waals surface area contributed by atoms with Crippen LogP contribution in [0.4, 0.5) is 5.69 Å². The van der Waals surface area contributed by atoms with E-state index in [2.05, 4.69) is 10.6 Å². The zero-order chi connectivity index (χ0) is 17.8. The quantitative estimate of drug-likeness (QED) is 0.858. The van der Waals surface area contributed by atoms with Crippen LogP contribution in [0.3, 0.4) is 0 Å². The summed E-state index contributed by atoms with van der Waals surface area (Å²) in [4.78, 5) is 26.8. The molecule has 7 heteroatoms. The first-order valence-corrected chi connectivity index (χ1v) is 8.50. The van der Waals surface area contributed by atoms with E-state index in [1.54, 1.807) is 18.2 Å². The molecule has 1 saturated heterocycles. The number of hydrogen-bond acceptors (Lipinski definition) is 4. The van der Waals surface area contributed by atoms with Gasteiger partial charge >= 0.3 is 0 Å². The third kappa shape index (κ3) is 4.45. The van der Waals surface area contributed by atoms with Gasteiger partial charge in [-0.1, -0.05) is 6.07 Å². The van der Waals surface area contributed by atoms with E-state index in [0.29, 0.717) is 17.3 Å². The van der Waals surface area contributed by atoms with Crippen LogP contribution in [-0.2, 0) is 0 Å². The number of hydrogen-bond donors (Lipinski definition) is 2.